The Morgan fingerprint density at radius 2 is 1.85 bits per heavy atom. The van der Waals surface area contributed by atoms with Crippen LogP contribution in [0.3, 0.4) is 0 Å². The lowest BCUT2D eigenvalue weighted by Gasteiger charge is -2.03. The molecule has 0 aliphatic rings. The first-order chi connectivity index (χ1) is 9.49. The number of allylic oxidation sites excluding steroid dienone is 6. The minimum absolute atomic E-state index is 0.336. The molecule has 0 aromatic rings. The lowest BCUT2D eigenvalue weighted by molar-refractivity contribution is -0.134. The quantitative estimate of drug-likeness (QED) is 0.291. The number of esters is 1. The van der Waals surface area contributed by atoms with Crippen molar-refractivity contribution in [3.8, 4) is 0 Å². The van der Waals surface area contributed by atoms with Crippen LogP contribution in [-0.2, 0) is 14.3 Å². The molecular formula is C17H26O3. The minimum atomic E-state index is -0.336. The van der Waals surface area contributed by atoms with Gasteiger partial charge in [-0.05, 0) is 44.8 Å². The van der Waals surface area contributed by atoms with Crippen LogP contribution in [0.25, 0.3) is 0 Å². The average molecular weight is 278 g/mol. The number of methoxy groups -OCH3 is 2. The molecule has 0 atom stereocenters. The first-order valence-electron chi connectivity index (χ1n) is 6.74. The van der Waals surface area contributed by atoms with Crippen molar-refractivity contribution < 1.29 is 14.3 Å². The van der Waals surface area contributed by atoms with Crippen LogP contribution in [-0.4, -0.2) is 26.8 Å². The van der Waals surface area contributed by atoms with E-state index < -0.39 is 0 Å². The molecule has 20 heavy (non-hydrogen) atoms. The molecule has 0 aromatic heterocycles. The summed E-state index contributed by atoms with van der Waals surface area (Å²) in [7, 11) is 3.07. The summed E-state index contributed by atoms with van der Waals surface area (Å²) in [6.45, 7) is 6.68. The molecule has 0 N–H and O–H groups in total. The van der Waals surface area contributed by atoms with Crippen molar-refractivity contribution in [1.29, 1.82) is 0 Å². The van der Waals surface area contributed by atoms with Gasteiger partial charge in [-0.15, -0.1) is 0 Å². The molecule has 0 saturated heterocycles. The third-order valence-corrected chi connectivity index (χ3v) is 2.59. The summed E-state index contributed by atoms with van der Waals surface area (Å²) >= 11 is 0. The average Bonchev–Trinajstić information content (AvgIpc) is 2.38. The van der Waals surface area contributed by atoms with E-state index in [0.717, 1.165) is 18.4 Å². The third kappa shape index (κ3) is 10.3. The Labute approximate surface area is 122 Å². The van der Waals surface area contributed by atoms with Gasteiger partial charge < -0.3 is 9.47 Å². The summed E-state index contributed by atoms with van der Waals surface area (Å²) in [6, 6.07) is 0. The van der Waals surface area contributed by atoms with Gasteiger partial charge >= 0.3 is 5.97 Å². The SMILES string of the molecule is COCC(=CC=CC(C)=CC(=O)OC)CCC=C(C)C. The van der Waals surface area contributed by atoms with Crippen LogP contribution < -0.4 is 0 Å². The van der Waals surface area contributed by atoms with E-state index in [0.29, 0.717) is 6.61 Å². The summed E-state index contributed by atoms with van der Waals surface area (Å²) in [6.07, 6.45) is 11.5. The second-order valence-electron chi connectivity index (χ2n) is 4.85. The van der Waals surface area contributed by atoms with Gasteiger partial charge in [-0.25, -0.2) is 4.79 Å². The molecule has 3 nitrogen and oxygen atoms in total. The number of carbonyl (C=O) groups is 1. The highest BCUT2D eigenvalue weighted by atomic mass is 16.5. The summed E-state index contributed by atoms with van der Waals surface area (Å²) in [5, 5.41) is 0. The van der Waals surface area contributed by atoms with Crippen molar-refractivity contribution in [3.63, 3.8) is 0 Å². The molecule has 0 rings (SSSR count). The molecule has 3 heteroatoms. The maximum Gasteiger partial charge on any atom is 0.330 e. The van der Waals surface area contributed by atoms with Crippen molar-refractivity contribution >= 4 is 5.97 Å². The van der Waals surface area contributed by atoms with E-state index in [4.69, 9.17) is 4.74 Å². The first-order valence-corrected chi connectivity index (χ1v) is 6.74. The van der Waals surface area contributed by atoms with Gasteiger partial charge in [0.1, 0.15) is 0 Å². The first kappa shape index (κ1) is 18.4. The highest BCUT2D eigenvalue weighted by Crippen LogP contribution is 2.09. The van der Waals surface area contributed by atoms with Crippen LogP contribution in [0.5, 0.6) is 0 Å². The van der Waals surface area contributed by atoms with E-state index in [1.54, 1.807) is 7.11 Å². The largest absolute Gasteiger partial charge is 0.466 e. The summed E-state index contributed by atoms with van der Waals surface area (Å²) in [5.74, 6) is -0.336. The Morgan fingerprint density at radius 3 is 2.40 bits per heavy atom. The Kier molecular flexibility index (Phi) is 10.3. The van der Waals surface area contributed by atoms with E-state index in [-0.39, 0.29) is 5.97 Å². The van der Waals surface area contributed by atoms with E-state index in [9.17, 15) is 4.79 Å². The molecule has 0 fully saturated rings. The van der Waals surface area contributed by atoms with Gasteiger partial charge in [0.05, 0.1) is 13.7 Å². The minimum Gasteiger partial charge on any atom is -0.466 e. The molecule has 0 amide bonds. The van der Waals surface area contributed by atoms with Crippen molar-refractivity contribution in [3.05, 3.63) is 47.1 Å². The Bertz CT molecular complexity index is 408. The molecule has 0 radical (unpaired) electrons. The predicted molar refractivity (Wildman–Crippen MR) is 83.5 cm³/mol. The Balaban J connectivity index is 4.56. The van der Waals surface area contributed by atoms with Crippen LogP contribution in [0.15, 0.2) is 47.1 Å². The van der Waals surface area contributed by atoms with Crippen molar-refractivity contribution in [2.75, 3.05) is 20.8 Å². The molecule has 0 unspecified atom stereocenters. The van der Waals surface area contributed by atoms with E-state index >= 15 is 0 Å². The number of ether oxygens (including phenoxy) is 2. The summed E-state index contributed by atoms with van der Waals surface area (Å²) in [4.78, 5) is 11.1. The zero-order valence-corrected chi connectivity index (χ0v) is 13.2. The predicted octanol–water partition coefficient (Wildman–Crippen LogP) is 3.98. The van der Waals surface area contributed by atoms with Gasteiger partial charge in [-0.3, -0.25) is 0 Å². The van der Waals surface area contributed by atoms with Gasteiger partial charge in [0.25, 0.3) is 0 Å². The van der Waals surface area contributed by atoms with Crippen LogP contribution >= 0.6 is 0 Å². The van der Waals surface area contributed by atoms with Crippen LogP contribution in [0, 0.1) is 0 Å². The molecule has 0 bridgehead atoms. The van der Waals surface area contributed by atoms with E-state index in [2.05, 4.69) is 24.7 Å². The fourth-order valence-corrected chi connectivity index (χ4v) is 1.56. The highest BCUT2D eigenvalue weighted by Gasteiger charge is 1.95. The Hall–Kier alpha value is -1.61. The summed E-state index contributed by atoms with van der Waals surface area (Å²) in [5.41, 5.74) is 3.41. The number of carbonyl (C=O) groups excluding carboxylic acids is 1. The zero-order valence-electron chi connectivity index (χ0n) is 13.2. The second-order valence-corrected chi connectivity index (χ2v) is 4.85. The van der Waals surface area contributed by atoms with Crippen LogP contribution in [0.4, 0.5) is 0 Å². The van der Waals surface area contributed by atoms with Gasteiger partial charge in [-0.1, -0.05) is 29.9 Å². The number of hydrogen-bond acceptors (Lipinski definition) is 3. The maximum absolute atomic E-state index is 11.1. The van der Waals surface area contributed by atoms with Gasteiger partial charge in [0, 0.05) is 13.2 Å². The van der Waals surface area contributed by atoms with Gasteiger partial charge in [-0.2, -0.15) is 0 Å². The van der Waals surface area contributed by atoms with E-state index in [1.807, 2.05) is 25.2 Å². The molecule has 0 aliphatic carbocycles. The topological polar surface area (TPSA) is 35.5 Å². The molecule has 0 spiro atoms. The number of rotatable bonds is 8. The Morgan fingerprint density at radius 1 is 1.15 bits per heavy atom. The van der Waals surface area contributed by atoms with Crippen molar-refractivity contribution in [1.82, 2.24) is 0 Å². The molecular weight excluding hydrogens is 252 g/mol. The molecule has 112 valence electrons. The fourth-order valence-electron chi connectivity index (χ4n) is 1.56. The lowest BCUT2D eigenvalue weighted by Crippen LogP contribution is -1.95. The molecule has 0 saturated carbocycles. The van der Waals surface area contributed by atoms with Gasteiger partial charge in [0.2, 0.25) is 0 Å². The molecule has 0 aliphatic heterocycles. The number of hydrogen-bond donors (Lipinski definition) is 0. The fraction of sp³-hybridized carbons (Fsp3) is 0.471. The van der Waals surface area contributed by atoms with Gasteiger partial charge in [0.15, 0.2) is 0 Å². The van der Waals surface area contributed by atoms with Crippen molar-refractivity contribution in [2.45, 2.75) is 33.6 Å². The third-order valence-electron chi connectivity index (χ3n) is 2.59. The van der Waals surface area contributed by atoms with Crippen molar-refractivity contribution in [2.24, 2.45) is 0 Å². The highest BCUT2D eigenvalue weighted by molar-refractivity contribution is 5.83. The molecule has 0 aromatic carbocycles. The summed E-state index contributed by atoms with van der Waals surface area (Å²) < 4.78 is 9.76. The van der Waals surface area contributed by atoms with E-state index in [1.165, 1.54) is 24.3 Å². The smallest absolute Gasteiger partial charge is 0.330 e. The van der Waals surface area contributed by atoms with Crippen LogP contribution in [0.2, 0.25) is 0 Å². The zero-order chi connectivity index (χ0) is 15.4. The van der Waals surface area contributed by atoms with Crippen LogP contribution in [0.1, 0.15) is 33.6 Å². The second kappa shape index (κ2) is 11.2. The standard InChI is InChI=1S/C17H26O3/c1-14(2)8-6-10-16(13-19-4)11-7-9-15(3)12-17(18)20-5/h7-9,11-12H,6,10,13H2,1-5H3. The maximum atomic E-state index is 11.1. The normalized spacial score (nSPS) is 12.7. The lowest BCUT2D eigenvalue weighted by atomic mass is 10.1. The molecule has 0 heterocycles. The monoisotopic (exact) mass is 278 g/mol.